The smallest absolute Gasteiger partial charge is 0.163 e. The van der Waals surface area contributed by atoms with Crippen molar-refractivity contribution >= 4 is 5.69 Å². The summed E-state index contributed by atoms with van der Waals surface area (Å²) in [6.07, 6.45) is 0. The van der Waals surface area contributed by atoms with Gasteiger partial charge in [-0.05, 0) is 32.9 Å². The summed E-state index contributed by atoms with van der Waals surface area (Å²) in [5.74, 6) is 1.20. The SMILES string of the molecule is CCOc1cc(N)ccc1OCC(C)(C)O. The normalized spacial score (nSPS) is 11.2. The van der Waals surface area contributed by atoms with Gasteiger partial charge in [-0.3, -0.25) is 0 Å². The van der Waals surface area contributed by atoms with Crippen LogP contribution >= 0.6 is 0 Å². The number of nitrogens with two attached hydrogens (primary N) is 1. The number of anilines is 1. The van der Waals surface area contributed by atoms with Gasteiger partial charge in [0.2, 0.25) is 0 Å². The fourth-order valence-corrected chi connectivity index (χ4v) is 1.17. The number of hydrogen-bond donors (Lipinski definition) is 2. The monoisotopic (exact) mass is 225 g/mol. The van der Waals surface area contributed by atoms with Crippen LogP contribution in [-0.4, -0.2) is 23.9 Å². The fourth-order valence-electron chi connectivity index (χ4n) is 1.17. The van der Waals surface area contributed by atoms with Crippen molar-refractivity contribution in [3.8, 4) is 11.5 Å². The van der Waals surface area contributed by atoms with Crippen molar-refractivity contribution in [2.24, 2.45) is 0 Å². The summed E-state index contributed by atoms with van der Waals surface area (Å²) in [4.78, 5) is 0. The average molecular weight is 225 g/mol. The van der Waals surface area contributed by atoms with Gasteiger partial charge >= 0.3 is 0 Å². The molecule has 0 aliphatic heterocycles. The van der Waals surface area contributed by atoms with Crippen molar-refractivity contribution in [3.63, 3.8) is 0 Å². The third-order valence-corrected chi connectivity index (χ3v) is 1.85. The van der Waals surface area contributed by atoms with Crippen LogP contribution in [0.1, 0.15) is 20.8 Å². The minimum Gasteiger partial charge on any atom is -0.490 e. The Morgan fingerprint density at radius 1 is 1.25 bits per heavy atom. The molecule has 1 rings (SSSR count). The van der Waals surface area contributed by atoms with Crippen LogP contribution in [0.5, 0.6) is 11.5 Å². The zero-order chi connectivity index (χ0) is 12.2. The molecule has 1 aromatic carbocycles. The second-order valence-corrected chi connectivity index (χ2v) is 4.24. The molecule has 16 heavy (non-hydrogen) atoms. The molecule has 0 fully saturated rings. The van der Waals surface area contributed by atoms with Gasteiger partial charge in [0, 0.05) is 11.8 Å². The summed E-state index contributed by atoms with van der Waals surface area (Å²) in [5, 5.41) is 9.56. The zero-order valence-electron chi connectivity index (χ0n) is 9.99. The van der Waals surface area contributed by atoms with Crippen LogP contribution < -0.4 is 15.2 Å². The average Bonchev–Trinajstić information content (AvgIpc) is 2.15. The lowest BCUT2D eigenvalue weighted by molar-refractivity contribution is 0.0274. The molecular weight excluding hydrogens is 206 g/mol. The first-order valence-electron chi connectivity index (χ1n) is 5.30. The lowest BCUT2D eigenvalue weighted by atomic mass is 10.2. The van der Waals surface area contributed by atoms with E-state index in [9.17, 15) is 5.11 Å². The first-order valence-corrected chi connectivity index (χ1v) is 5.30. The van der Waals surface area contributed by atoms with E-state index in [1.54, 1.807) is 32.0 Å². The summed E-state index contributed by atoms with van der Waals surface area (Å²) in [6, 6.07) is 5.19. The van der Waals surface area contributed by atoms with Crippen molar-refractivity contribution in [1.82, 2.24) is 0 Å². The molecule has 0 aromatic heterocycles. The topological polar surface area (TPSA) is 64.7 Å². The standard InChI is InChI=1S/C12H19NO3/c1-4-15-11-7-9(13)5-6-10(11)16-8-12(2,3)14/h5-7,14H,4,8,13H2,1-3H3. The Morgan fingerprint density at radius 2 is 1.94 bits per heavy atom. The van der Waals surface area contributed by atoms with Gasteiger partial charge in [0.15, 0.2) is 11.5 Å². The second kappa shape index (κ2) is 5.07. The van der Waals surface area contributed by atoms with E-state index in [1.807, 2.05) is 6.92 Å². The quantitative estimate of drug-likeness (QED) is 0.750. The molecule has 0 aliphatic carbocycles. The Hall–Kier alpha value is -1.42. The minimum atomic E-state index is -0.870. The van der Waals surface area contributed by atoms with Crippen molar-refractivity contribution in [2.75, 3.05) is 18.9 Å². The number of nitrogen functional groups attached to an aromatic ring is 1. The first-order chi connectivity index (χ1) is 7.42. The maximum absolute atomic E-state index is 9.56. The number of rotatable bonds is 5. The Bertz CT molecular complexity index is 345. The predicted octanol–water partition coefficient (Wildman–Crippen LogP) is 1.82. The van der Waals surface area contributed by atoms with E-state index in [1.165, 1.54) is 0 Å². The Morgan fingerprint density at radius 3 is 2.50 bits per heavy atom. The molecule has 0 aliphatic rings. The molecule has 0 unspecified atom stereocenters. The third-order valence-electron chi connectivity index (χ3n) is 1.85. The van der Waals surface area contributed by atoms with Crippen molar-refractivity contribution in [3.05, 3.63) is 18.2 Å². The van der Waals surface area contributed by atoms with Crippen LogP contribution in [0.2, 0.25) is 0 Å². The molecule has 0 atom stereocenters. The molecule has 0 heterocycles. The van der Waals surface area contributed by atoms with Gasteiger partial charge < -0.3 is 20.3 Å². The number of ether oxygens (including phenoxy) is 2. The maximum atomic E-state index is 9.56. The van der Waals surface area contributed by atoms with Crippen LogP contribution in [-0.2, 0) is 0 Å². The summed E-state index contributed by atoms with van der Waals surface area (Å²) in [6.45, 7) is 6.01. The number of hydrogen-bond acceptors (Lipinski definition) is 4. The maximum Gasteiger partial charge on any atom is 0.163 e. The number of benzene rings is 1. The highest BCUT2D eigenvalue weighted by atomic mass is 16.5. The summed E-state index contributed by atoms with van der Waals surface area (Å²) in [7, 11) is 0. The van der Waals surface area contributed by atoms with Crippen molar-refractivity contribution in [1.29, 1.82) is 0 Å². The predicted molar refractivity (Wildman–Crippen MR) is 63.8 cm³/mol. The van der Waals surface area contributed by atoms with Crippen molar-refractivity contribution < 1.29 is 14.6 Å². The summed E-state index contributed by atoms with van der Waals surface area (Å²) < 4.78 is 10.9. The molecule has 0 saturated heterocycles. The van der Waals surface area contributed by atoms with Gasteiger partial charge in [0.1, 0.15) is 6.61 Å². The van der Waals surface area contributed by atoms with Crippen LogP contribution in [0.3, 0.4) is 0 Å². The van der Waals surface area contributed by atoms with Crippen molar-refractivity contribution in [2.45, 2.75) is 26.4 Å². The molecule has 0 radical (unpaired) electrons. The van der Waals surface area contributed by atoms with E-state index in [-0.39, 0.29) is 6.61 Å². The van der Waals surface area contributed by atoms with E-state index < -0.39 is 5.60 Å². The molecule has 4 nitrogen and oxygen atoms in total. The largest absolute Gasteiger partial charge is 0.490 e. The molecule has 3 N–H and O–H groups in total. The van der Waals surface area contributed by atoms with Gasteiger partial charge in [-0.15, -0.1) is 0 Å². The Balaban J connectivity index is 2.78. The summed E-state index contributed by atoms with van der Waals surface area (Å²) in [5.41, 5.74) is 5.41. The fraction of sp³-hybridized carbons (Fsp3) is 0.500. The lowest BCUT2D eigenvalue weighted by Gasteiger charge is -2.19. The van der Waals surface area contributed by atoms with E-state index in [2.05, 4.69) is 0 Å². The molecule has 0 saturated carbocycles. The highest BCUT2D eigenvalue weighted by molar-refractivity contribution is 5.51. The van der Waals surface area contributed by atoms with E-state index in [4.69, 9.17) is 15.2 Å². The van der Waals surface area contributed by atoms with Gasteiger partial charge in [-0.1, -0.05) is 0 Å². The third kappa shape index (κ3) is 3.98. The highest BCUT2D eigenvalue weighted by Gasteiger charge is 2.15. The van der Waals surface area contributed by atoms with E-state index in [0.29, 0.717) is 23.8 Å². The van der Waals surface area contributed by atoms with Gasteiger partial charge in [0.25, 0.3) is 0 Å². The van der Waals surface area contributed by atoms with Crippen LogP contribution in [0, 0.1) is 0 Å². The second-order valence-electron chi connectivity index (χ2n) is 4.24. The Kier molecular flexibility index (Phi) is 4.01. The highest BCUT2D eigenvalue weighted by Crippen LogP contribution is 2.29. The molecule has 0 spiro atoms. The van der Waals surface area contributed by atoms with Crippen LogP contribution in [0.25, 0.3) is 0 Å². The minimum absolute atomic E-state index is 0.205. The molecular formula is C12H19NO3. The van der Waals surface area contributed by atoms with E-state index in [0.717, 1.165) is 0 Å². The van der Waals surface area contributed by atoms with Gasteiger partial charge in [-0.2, -0.15) is 0 Å². The Labute approximate surface area is 96.0 Å². The van der Waals surface area contributed by atoms with Gasteiger partial charge in [0.05, 0.1) is 12.2 Å². The first kappa shape index (κ1) is 12.6. The van der Waals surface area contributed by atoms with E-state index >= 15 is 0 Å². The van der Waals surface area contributed by atoms with Crippen LogP contribution in [0.15, 0.2) is 18.2 Å². The summed E-state index contributed by atoms with van der Waals surface area (Å²) >= 11 is 0. The molecule has 0 amide bonds. The molecule has 0 bridgehead atoms. The number of aliphatic hydroxyl groups is 1. The molecule has 4 heteroatoms. The lowest BCUT2D eigenvalue weighted by Crippen LogP contribution is -2.28. The zero-order valence-corrected chi connectivity index (χ0v) is 9.99. The molecule has 90 valence electrons. The van der Waals surface area contributed by atoms with Crippen LogP contribution in [0.4, 0.5) is 5.69 Å². The molecule has 1 aromatic rings. The van der Waals surface area contributed by atoms with Gasteiger partial charge in [-0.25, -0.2) is 0 Å².